The molecule has 10 nitrogen and oxygen atoms in total. The van der Waals surface area contributed by atoms with Gasteiger partial charge in [-0.25, -0.2) is 0 Å². The Kier molecular flexibility index (Phi) is 22.7. The van der Waals surface area contributed by atoms with E-state index in [0.29, 0.717) is 0 Å². The summed E-state index contributed by atoms with van der Waals surface area (Å²) in [5, 5.41) is 37.2. The number of rotatable bonds is 19. The number of carbonyl (C=O) groups excluding carboxylic acids is 1. The first-order valence-corrected chi connectivity index (χ1v) is 11.7. The second kappa shape index (κ2) is 22.4. The molecule has 0 spiro atoms. The van der Waals surface area contributed by atoms with Gasteiger partial charge in [-0.2, -0.15) is 0 Å². The van der Waals surface area contributed by atoms with Gasteiger partial charge in [-0.3, -0.25) is 14.4 Å². The van der Waals surface area contributed by atoms with Crippen molar-refractivity contribution >= 4 is 17.8 Å². The fourth-order valence-electron chi connectivity index (χ4n) is 2.74. The molecule has 0 radical (unpaired) electrons. The molecule has 0 saturated heterocycles. The van der Waals surface area contributed by atoms with Crippen molar-refractivity contribution in [1.29, 1.82) is 0 Å². The van der Waals surface area contributed by atoms with E-state index in [1.807, 2.05) is 4.90 Å². The van der Waals surface area contributed by atoms with Crippen LogP contribution in [0.4, 0.5) is 0 Å². The van der Waals surface area contributed by atoms with Crippen LogP contribution < -0.4 is 11.1 Å². The maximum absolute atomic E-state index is 12.3. The van der Waals surface area contributed by atoms with Crippen LogP contribution in [0.1, 0.15) is 78.1 Å². The van der Waals surface area contributed by atoms with E-state index in [4.69, 9.17) is 21.1 Å². The molecule has 32 heavy (non-hydrogen) atoms. The highest BCUT2D eigenvalue weighted by Gasteiger charge is 2.13. The topological polar surface area (TPSA) is 173 Å². The molecule has 1 unspecified atom stereocenters. The predicted molar refractivity (Wildman–Crippen MR) is 123 cm³/mol. The minimum Gasteiger partial charge on any atom is -0.481 e. The molecular weight excluding hydrogens is 418 g/mol. The first-order valence-electron chi connectivity index (χ1n) is 11.7. The molecule has 0 aromatic heterocycles. The predicted octanol–water partition coefficient (Wildman–Crippen LogP) is 1.18. The number of nitrogens with one attached hydrogen (secondary N) is 1. The van der Waals surface area contributed by atoms with E-state index in [1.54, 1.807) is 0 Å². The fraction of sp³-hybridized carbons (Fsp3) is 0.864. The van der Waals surface area contributed by atoms with Crippen LogP contribution in [-0.2, 0) is 14.4 Å². The number of carbonyl (C=O) groups is 3. The summed E-state index contributed by atoms with van der Waals surface area (Å²) in [6.07, 6.45) is 8.29. The number of aliphatic hydroxyl groups excluding tert-OH is 2. The number of carboxylic acid groups (broad SMARTS) is 2. The molecule has 2 atom stereocenters. The van der Waals surface area contributed by atoms with E-state index in [-0.39, 0.29) is 38.4 Å². The van der Waals surface area contributed by atoms with Crippen LogP contribution in [0.2, 0.25) is 0 Å². The quantitative estimate of drug-likeness (QED) is 0.154. The third kappa shape index (κ3) is 21.5. The van der Waals surface area contributed by atoms with Crippen molar-refractivity contribution in [2.75, 3.05) is 32.8 Å². The number of carboxylic acids is 2. The molecule has 0 fully saturated rings. The van der Waals surface area contributed by atoms with E-state index >= 15 is 0 Å². The first-order chi connectivity index (χ1) is 15.2. The first kappa shape index (κ1) is 32.4. The van der Waals surface area contributed by atoms with Crippen molar-refractivity contribution < 1.29 is 34.8 Å². The van der Waals surface area contributed by atoms with Crippen molar-refractivity contribution in [2.45, 2.75) is 90.2 Å². The summed E-state index contributed by atoms with van der Waals surface area (Å²) in [6.45, 7) is 6.23. The third-order valence-electron chi connectivity index (χ3n) is 4.77. The van der Waals surface area contributed by atoms with Gasteiger partial charge in [0.1, 0.15) is 6.04 Å². The summed E-state index contributed by atoms with van der Waals surface area (Å²) in [4.78, 5) is 34.1. The zero-order valence-corrected chi connectivity index (χ0v) is 19.8. The van der Waals surface area contributed by atoms with E-state index in [0.717, 1.165) is 25.9 Å². The number of aliphatic hydroxyl groups is 2. The van der Waals surface area contributed by atoms with Gasteiger partial charge in [-0.15, -0.1) is 0 Å². The number of nitrogens with two attached hydrogens (primary N) is 1. The Hall–Kier alpha value is -1.75. The van der Waals surface area contributed by atoms with Crippen molar-refractivity contribution in [3.8, 4) is 0 Å². The Morgan fingerprint density at radius 3 is 1.88 bits per heavy atom. The second-order valence-corrected chi connectivity index (χ2v) is 7.85. The lowest BCUT2D eigenvalue weighted by atomic mass is 10.1. The van der Waals surface area contributed by atoms with E-state index in [1.165, 1.54) is 38.5 Å². The summed E-state index contributed by atoms with van der Waals surface area (Å²) in [5.74, 6) is -2.10. The molecule has 0 aliphatic carbocycles. The zero-order chi connectivity index (χ0) is 24.8. The third-order valence-corrected chi connectivity index (χ3v) is 4.77. The summed E-state index contributed by atoms with van der Waals surface area (Å²) in [6, 6.07) is -1.06. The van der Waals surface area contributed by atoms with Crippen molar-refractivity contribution in [3.63, 3.8) is 0 Å². The molecule has 7 N–H and O–H groups in total. The summed E-state index contributed by atoms with van der Waals surface area (Å²) in [7, 11) is 0. The van der Waals surface area contributed by atoms with Gasteiger partial charge in [-0.05, 0) is 19.3 Å². The van der Waals surface area contributed by atoms with Crippen LogP contribution in [-0.4, -0.2) is 88.1 Å². The summed E-state index contributed by atoms with van der Waals surface area (Å²) in [5.41, 5.74) is 5.00. The van der Waals surface area contributed by atoms with Crippen LogP contribution in [0.15, 0.2) is 0 Å². The number of nitrogens with zero attached hydrogens (tertiary/aromatic N) is 1. The van der Waals surface area contributed by atoms with Crippen LogP contribution in [0.5, 0.6) is 0 Å². The van der Waals surface area contributed by atoms with Gasteiger partial charge < -0.3 is 36.4 Å². The Bertz CT molecular complexity index is 480. The van der Waals surface area contributed by atoms with Gasteiger partial charge in [0, 0.05) is 26.1 Å². The van der Waals surface area contributed by atoms with Crippen LogP contribution in [0.3, 0.4) is 0 Å². The molecule has 0 saturated carbocycles. The lowest BCUT2D eigenvalue weighted by molar-refractivity contribution is -0.140. The lowest BCUT2D eigenvalue weighted by Gasteiger charge is -2.23. The van der Waals surface area contributed by atoms with E-state index < -0.39 is 24.1 Å². The minimum absolute atomic E-state index is 0.0231. The van der Waals surface area contributed by atoms with E-state index in [2.05, 4.69) is 19.2 Å². The Morgan fingerprint density at radius 1 is 0.938 bits per heavy atom. The van der Waals surface area contributed by atoms with Crippen molar-refractivity contribution in [1.82, 2.24) is 10.2 Å². The maximum atomic E-state index is 12.3. The van der Waals surface area contributed by atoms with Gasteiger partial charge in [0.05, 0.1) is 19.3 Å². The molecule has 0 rings (SSSR count). The van der Waals surface area contributed by atoms with Crippen molar-refractivity contribution in [3.05, 3.63) is 0 Å². The summed E-state index contributed by atoms with van der Waals surface area (Å²) < 4.78 is 0. The molecule has 0 heterocycles. The molecule has 0 aliphatic heterocycles. The highest BCUT2D eigenvalue weighted by atomic mass is 16.4. The smallest absolute Gasteiger partial charge is 0.320 e. The van der Waals surface area contributed by atoms with Gasteiger partial charge in [0.2, 0.25) is 5.91 Å². The monoisotopic (exact) mass is 463 g/mol. The Balaban J connectivity index is 0. The van der Waals surface area contributed by atoms with Crippen LogP contribution >= 0.6 is 0 Å². The van der Waals surface area contributed by atoms with Crippen LogP contribution in [0, 0.1) is 0 Å². The largest absolute Gasteiger partial charge is 0.481 e. The highest BCUT2D eigenvalue weighted by Crippen LogP contribution is 2.05. The van der Waals surface area contributed by atoms with Crippen LogP contribution in [0.25, 0.3) is 0 Å². The molecule has 0 aliphatic rings. The number of hydrogen-bond acceptors (Lipinski definition) is 7. The fourth-order valence-corrected chi connectivity index (χ4v) is 2.74. The SMILES string of the molecule is CCCCCCN(CCCCCC)C(=O)CNCC(O)CO.N[C@@H](CCC(=O)O)C(=O)O. The van der Waals surface area contributed by atoms with Gasteiger partial charge in [0.25, 0.3) is 0 Å². The molecule has 1 amide bonds. The minimum atomic E-state index is -1.17. The van der Waals surface area contributed by atoms with Gasteiger partial charge in [0.15, 0.2) is 0 Å². The standard InChI is InChI=1S/C17H36N2O3.C5H9NO4/c1-3-5-7-9-11-19(12-10-8-6-4-2)17(22)14-18-13-16(21)15-20;6-3(5(9)10)1-2-4(7)8/h16,18,20-21H,3-15H2,1-2H3;3H,1-2,6H2,(H,7,8)(H,9,10)/t;3-/m.0/s1. The lowest BCUT2D eigenvalue weighted by Crippen LogP contribution is -2.41. The molecule has 10 heteroatoms. The highest BCUT2D eigenvalue weighted by molar-refractivity contribution is 5.78. The normalized spacial score (nSPS) is 12.4. The second-order valence-electron chi connectivity index (χ2n) is 7.85. The average molecular weight is 464 g/mol. The summed E-state index contributed by atoms with van der Waals surface area (Å²) >= 11 is 0. The maximum Gasteiger partial charge on any atom is 0.320 e. The Labute approximate surface area is 192 Å². The molecule has 190 valence electrons. The average Bonchev–Trinajstić information content (AvgIpc) is 2.76. The Morgan fingerprint density at radius 2 is 1.47 bits per heavy atom. The number of amides is 1. The molecule has 0 aromatic rings. The molecular formula is C22H45N3O7. The zero-order valence-electron chi connectivity index (χ0n) is 19.8. The number of unbranched alkanes of at least 4 members (excludes halogenated alkanes) is 6. The van der Waals surface area contributed by atoms with Crippen molar-refractivity contribution in [2.24, 2.45) is 5.73 Å². The number of aliphatic carboxylic acids is 2. The van der Waals surface area contributed by atoms with E-state index in [9.17, 15) is 19.5 Å². The number of hydrogen-bond donors (Lipinski definition) is 6. The molecule has 0 aromatic carbocycles. The molecule has 0 bridgehead atoms. The van der Waals surface area contributed by atoms with Gasteiger partial charge in [-0.1, -0.05) is 52.4 Å². The van der Waals surface area contributed by atoms with Gasteiger partial charge >= 0.3 is 11.9 Å².